The van der Waals surface area contributed by atoms with Gasteiger partial charge < -0.3 is 15.5 Å². The number of likely N-dealkylation sites (N-methyl/N-ethyl adjacent to an activating group) is 2. The predicted octanol–water partition coefficient (Wildman–Crippen LogP) is 0.624. The number of nitrogens with zero attached hydrogens (tertiary/aromatic N) is 2. The average Bonchev–Trinajstić information content (AvgIpc) is 2.48. The molecule has 0 bridgehead atoms. The molecular formula is C14H24Cl2N4O3S. The third-order valence-electron chi connectivity index (χ3n) is 3.56. The molecule has 1 aliphatic heterocycles. The Morgan fingerprint density at radius 2 is 1.79 bits per heavy atom. The van der Waals surface area contributed by atoms with Gasteiger partial charge in [-0.1, -0.05) is 6.07 Å². The monoisotopic (exact) mass is 398 g/mol. The van der Waals surface area contributed by atoms with Crippen LogP contribution in [0.15, 0.2) is 29.2 Å². The first kappa shape index (κ1) is 23.1. The van der Waals surface area contributed by atoms with E-state index in [1.165, 1.54) is 10.4 Å². The molecule has 0 unspecified atom stereocenters. The van der Waals surface area contributed by atoms with Crippen molar-refractivity contribution in [3.63, 3.8) is 0 Å². The second-order valence-electron chi connectivity index (χ2n) is 5.31. The van der Waals surface area contributed by atoms with E-state index in [9.17, 15) is 13.2 Å². The highest BCUT2D eigenvalue weighted by Crippen LogP contribution is 2.20. The summed E-state index contributed by atoms with van der Waals surface area (Å²) >= 11 is 0. The predicted molar refractivity (Wildman–Crippen MR) is 99.8 cm³/mol. The molecule has 2 rings (SSSR count). The molecule has 0 atom stereocenters. The van der Waals surface area contributed by atoms with Crippen LogP contribution < -0.4 is 10.6 Å². The summed E-state index contributed by atoms with van der Waals surface area (Å²) in [5, 5.41) is 5.42. The fraction of sp³-hybridized carbons (Fsp3) is 0.500. The van der Waals surface area contributed by atoms with Crippen molar-refractivity contribution in [1.82, 2.24) is 14.5 Å². The molecule has 1 aromatic carbocycles. The largest absolute Gasteiger partial charge is 0.325 e. The molecule has 1 saturated heterocycles. The van der Waals surface area contributed by atoms with E-state index >= 15 is 0 Å². The molecule has 24 heavy (non-hydrogen) atoms. The lowest BCUT2D eigenvalue weighted by molar-refractivity contribution is -0.115. The van der Waals surface area contributed by atoms with Crippen molar-refractivity contribution in [2.45, 2.75) is 4.90 Å². The minimum Gasteiger partial charge on any atom is -0.325 e. The van der Waals surface area contributed by atoms with Crippen LogP contribution in [0.5, 0.6) is 0 Å². The van der Waals surface area contributed by atoms with Gasteiger partial charge in [0, 0.05) is 31.9 Å². The maximum atomic E-state index is 12.6. The summed E-state index contributed by atoms with van der Waals surface area (Å²) in [6, 6.07) is 6.37. The van der Waals surface area contributed by atoms with Crippen LogP contribution in [0, 0.1) is 0 Å². The number of carbonyl (C=O) groups excluding carboxylic acids is 1. The van der Waals surface area contributed by atoms with Crippen molar-refractivity contribution in [1.29, 1.82) is 0 Å². The number of carbonyl (C=O) groups is 1. The number of amides is 1. The van der Waals surface area contributed by atoms with E-state index in [0.29, 0.717) is 18.8 Å². The fourth-order valence-corrected chi connectivity index (χ4v) is 3.75. The number of sulfonamides is 1. The van der Waals surface area contributed by atoms with E-state index in [4.69, 9.17) is 0 Å². The third-order valence-corrected chi connectivity index (χ3v) is 5.45. The van der Waals surface area contributed by atoms with Crippen molar-refractivity contribution in [2.24, 2.45) is 0 Å². The maximum Gasteiger partial charge on any atom is 0.243 e. The van der Waals surface area contributed by atoms with Gasteiger partial charge in [-0.25, -0.2) is 8.42 Å². The molecule has 0 spiro atoms. The van der Waals surface area contributed by atoms with Crippen LogP contribution in [0.25, 0.3) is 0 Å². The van der Waals surface area contributed by atoms with Gasteiger partial charge in [0.2, 0.25) is 15.9 Å². The standard InChI is InChI=1S/C14H22N4O3S.2ClH/c1-15-11-14(19)16-12-4-3-5-13(10-12)22(20,21)18-8-6-17(2)7-9-18;;/h3-5,10,15H,6-9,11H2,1-2H3,(H,16,19);2*1H. The molecule has 1 amide bonds. The lowest BCUT2D eigenvalue weighted by Gasteiger charge is -2.31. The normalized spacial score (nSPS) is 15.9. The van der Waals surface area contributed by atoms with E-state index in [1.54, 1.807) is 25.2 Å². The SMILES string of the molecule is CNCC(=O)Nc1cccc(S(=O)(=O)N2CCN(C)CC2)c1.Cl.Cl. The van der Waals surface area contributed by atoms with Gasteiger partial charge in [0.15, 0.2) is 0 Å². The highest BCUT2D eigenvalue weighted by Gasteiger charge is 2.27. The Hall–Kier alpha value is -0.900. The van der Waals surface area contributed by atoms with E-state index in [0.717, 1.165) is 13.1 Å². The van der Waals surface area contributed by atoms with E-state index in [1.807, 2.05) is 7.05 Å². The number of hydrogen-bond acceptors (Lipinski definition) is 5. The van der Waals surface area contributed by atoms with Gasteiger partial charge >= 0.3 is 0 Å². The Kier molecular flexibility index (Phi) is 9.79. The van der Waals surface area contributed by atoms with Crippen molar-refractivity contribution >= 4 is 46.4 Å². The molecular weight excluding hydrogens is 375 g/mol. The van der Waals surface area contributed by atoms with Crippen LogP contribution in [-0.4, -0.2) is 70.3 Å². The minimum atomic E-state index is -3.52. The maximum absolute atomic E-state index is 12.6. The molecule has 1 fully saturated rings. The number of rotatable bonds is 5. The molecule has 1 heterocycles. The number of halogens is 2. The summed E-state index contributed by atoms with van der Waals surface area (Å²) in [7, 11) is 0.132. The van der Waals surface area contributed by atoms with Crippen molar-refractivity contribution in [2.75, 3.05) is 52.1 Å². The first-order valence-electron chi connectivity index (χ1n) is 7.16. The Morgan fingerprint density at radius 1 is 1.17 bits per heavy atom. The molecule has 0 aromatic heterocycles. The topological polar surface area (TPSA) is 81.8 Å². The summed E-state index contributed by atoms with van der Waals surface area (Å²) in [6.45, 7) is 2.58. The van der Waals surface area contributed by atoms with Gasteiger partial charge in [-0.3, -0.25) is 4.79 Å². The summed E-state index contributed by atoms with van der Waals surface area (Å²) in [5.74, 6) is -0.211. The Balaban J connectivity index is 0.00000264. The Morgan fingerprint density at radius 3 is 2.38 bits per heavy atom. The summed E-state index contributed by atoms with van der Waals surface area (Å²) in [5.41, 5.74) is 0.482. The first-order chi connectivity index (χ1) is 10.4. The van der Waals surface area contributed by atoms with Crippen molar-refractivity contribution < 1.29 is 13.2 Å². The molecule has 1 aliphatic rings. The number of hydrogen-bond donors (Lipinski definition) is 2. The van der Waals surface area contributed by atoms with Crippen LogP contribution in [0.2, 0.25) is 0 Å². The molecule has 138 valence electrons. The second kappa shape index (κ2) is 10.2. The summed E-state index contributed by atoms with van der Waals surface area (Å²) in [4.78, 5) is 13.9. The van der Waals surface area contributed by atoms with Crippen molar-refractivity contribution in [3.05, 3.63) is 24.3 Å². The number of nitrogens with one attached hydrogen (secondary N) is 2. The third kappa shape index (κ3) is 5.87. The lowest BCUT2D eigenvalue weighted by Crippen LogP contribution is -2.47. The van der Waals surface area contributed by atoms with Crippen LogP contribution in [-0.2, 0) is 14.8 Å². The zero-order valence-corrected chi connectivity index (χ0v) is 16.1. The van der Waals surface area contributed by atoms with Crippen LogP contribution >= 0.6 is 24.8 Å². The van der Waals surface area contributed by atoms with Gasteiger partial charge in [-0.2, -0.15) is 4.31 Å². The van der Waals surface area contributed by atoms with Crippen LogP contribution in [0.4, 0.5) is 5.69 Å². The zero-order chi connectivity index (χ0) is 16.2. The van der Waals surface area contributed by atoms with Gasteiger partial charge in [0.1, 0.15) is 0 Å². The van der Waals surface area contributed by atoms with Gasteiger partial charge in [0.05, 0.1) is 11.4 Å². The van der Waals surface area contributed by atoms with E-state index in [2.05, 4.69) is 15.5 Å². The molecule has 0 radical (unpaired) electrons. The Labute approximate surface area is 155 Å². The average molecular weight is 399 g/mol. The van der Waals surface area contributed by atoms with E-state index in [-0.39, 0.29) is 42.2 Å². The summed E-state index contributed by atoms with van der Waals surface area (Å²) in [6.07, 6.45) is 0. The van der Waals surface area contributed by atoms with Gasteiger partial charge in [0.25, 0.3) is 0 Å². The fourth-order valence-electron chi connectivity index (χ4n) is 2.28. The van der Waals surface area contributed by atoms with Gasteiger partial charge in [-0.05, 0) is 32.3 Å². The molecule has 7 nitrogen and oxygen atoms in total. The quantitative estimate of drug-likeness (QED) is 0.759. The molecule has 2 N–H and O–H groups in total. The van der Waals surface area contributed by atoms with Gasteiger partial charge in [-0.15, -0.1) is 24.8 Å². The summed E-state index contributed by atoms with van der Waals surface area (Å²) < 4.78 is 26.8. The van der Waals surface area contributed by atoms with Crippen LogP contribution in [0.1, 0.15) is 0 Å². The number of benzene rings is 1. The first-order valence-corrected chi connectivity index (χ1v) is 8.60. The molecule has 1 aromatic rings. The molecule has 10 heteroatoms. The number of anilines is 1. The van der Waals surface area contributed by atoms with E-state index < -0.39 is 10.0 Å². The number of piperazine rings is 1. The minimum absolute atomic E-state index is 0. The highest BCUT2D eigenvalue weighted by atomic mass is 35.5. The molecule has 0 aliphatic carbocycles. The zero-order valence-electron chi connectivity index (χ0n) is 13.7. The van der Waals surface area contributed by atoms with Crippen LogP contribution in [0.3, 0.4) is 0 Å². The Bertz CT molecular complexity index is 635. The van der Waals surface area contributed by atoms with Crippen molar-refractivity contribution in [3.8, 4) is 0 Å². The lowest BCUT2D eigenvalue weighted by atomic mass is 10.3. The second-order valence-corrected chi connectivity index (χ2v) is 7.25. The highest BCUT2D eigenvalue weighted by molar-refractivity contribution is 7.89. The molecule has 0 saturated carbocycles. The smallest absolute Gasteiger partial charge is 0.243 e.